The summed E-state index contributed by atoms with van der Waals surface area (Å²) in [5.74, 6) is 1.16. The van der Waals surface area contributed by atoms with E-state index in [0.29, 0.717) is 6.54 Å². The number of amides is 1. The molecule has 1 aromatic carbocycles. The van der Waals surface area contributed by atoms with Crippen LogP contribution < -0.4 is 10.1 Å². The molecule has 3 rings (SSSR count). The zero-order valence-electron chi connectivity index (χ0n) is 14.0. The summed E-state index contributed by atoms with van der Waals surface area (Å²) in [6, 6.07) is 12.1. The normalized spacial score (nSPS) is 16.0. The highest BCUT2D eigenvalue weighted by Gasteiger charge is 2.24. The van der Waals surface area contributed by atoms with E-state index in [1.807, 2.05) is 24.3 Å². The van der Waals surface area contributed by atoms with E-state index in [1.165, 1.54) is 4.88 Å². The highest BCUT2D eigenvalue weighted by molar-refractivity contribution is 7.09. The standard InChI is InChI=1S/C19H24N2O2S/c1-23-17-6-4-15(5-7-17)13-20-19(22)16-8-10-21(11-9-16)14-18-3-2-12-24-18/h2-7,12,16H,8-11,13-14H2,1H3,(H,20,22). The first-order chi connectivity index (χ1) is 11.7. The highest BCUT2D eigenvalue weighted by Crippen LogP contribution is 2.21. The summed E-state index contributed by atoms with van der Waals surface area (Å²) in [4.78, 5) is 16.2. The molecular weight excluding hydrogens is 320 g/mol. The maximum Gasteiger partial charge on any atom is 0.223 e. The maximum absolute atomic E-state index is 12.4. The summed E-state index contributed by atoms with van der Waals surface area (Å²) >= 11 is 1.80. The van der Waals surface area contributed by atoms with Crippen molar-refractivity contribution in [1.82, 2.24) is 10.2 Å². The Balaban J connectivity index is 1.41. The summed E-state index contributed by atoms with van der Waals surface area (Å²) in [7, 11) is 1.65. The lowest BCUT2D eigenvalue weighted by Crippen LogP contribution is -2.39. The van der Waals surface area contributed by atoms with Gasteiger partial charge in [0.15, 0.2) is 0 Å². The number of carbonyl (C=O) groups excluding carboxylic acids is 1. The molecule has 1 amide bonds. The monoisotopic (exact) mass is 344 g/mol. The fourth-order valence-corrected chi connectivity index (χ4v) is 3.80. The number of ether oxygens (including phenoxy) is 1. The number of carbonyl (C=O) groups is 1. The number of nitrogens with one attached hydrogen (secondary N) is 1. The average Bonchev–Trinajstić information content (AvgIpc) is 3.14. The minimum absolute atomic E-state index is 0.142. The first-order valence-electron chi connectivity index (χ1n) is 8.40. The Morgan fingerprint density at radius 1 is 1.25 bits per heavy atom. The molecular formula is C19H24N2O2S. The Morgan fingerprint density at radius 2 is 2.00 bits per heavy atom. The van der Waals surface area contributed by atoms with Gasteiger partial charge in [-0.05, 0) is 55.1 Å². The summed E-state index contributed by atoms with van der Waals surface area (Å²) in [5, 5.41) is 5.19. The zero-order valence-corrected chi connectivity index (χ0v) is 14.8. The van der Waals surface area contributed by atoms with Crippen molar-refractivity contribution in [2.75, 3.05) is 20.2 Å². The molecule has 1 fully saturated rings. The van der Waals surface area contributed by atoms with Crippen molar-refractivity contribution >= 4 is 17.2 Å². The molecule has 2 aromatic rings. The van der Waals surface area contributed by atoms with Gasteiger partial charge in [0.1, 0.15) is 5.75 Å². The first kappa shape index (κ1) is 17.0. The number of nitrogens with zero attached hydrogens (tertiary/aromatic N) is 1. The smallest absolute Gasteiger partial charge is 0.223 e. The number of methoxy groups -OCH3 is 1. The van der Waals surface area contributed by atoms with Gasteiger partial charge in [0.05, 0.1) is 7.11 Å². The van der Waals surface area contributed by atoms with E-state index < -0.39 is 0 Å². The highest BCUT2D eigenvalue weighted by atomic mass is 32.1. The van der Waals surface area contributed by atoms with Gasteiger partial charge in [-0.15, -0.1) is 11.3 Å². The number of hydrogen-bond acceptors (Lipinski definition) is 4. The Bertz CT molecular complexity index is 632. The third kappa shape index (κ3) is 4.58. The molecule has 1 aliphatic heterocycles. The van der Waals surface area contributed by atoms with E-state index >= 15 is 0 Å². The Hall–Kier alpha value is -1.85. The molecule has 0 saturated carbocycles. The van der Waals surface area contributed by atoms with Crippen LogP contribution in [0.5, 0.6) is 5.75 Å². The van der Waals surface area contributed by atoms with E-state index in [4.69, 9.17) is 4.74 Å². The van der Waals surface area contributed by atoms with Crippen LogP contribution in [-0.2, 0) is 17.9 Å². The Morgan fingerprint density at radius 3 is 2.62 bits per heavy atom. The molecule has 5 heteroatoms. The fourth-order valence-electron chi connectivity index (χ4n) is 3.05. The number of thiophene rings is 1. The predicted octanol–water partition coefficient (Wildman–Crippen LogP) is 3.29. The summed E-state index contributed by atoms with van der Waals surface area (Å²) in [5.41, 5.74) is 1.10. The molecule has 0 aliphatic carbocycles. The van der Waals surface area contributed by atoms with Gasteiger partial charge < -0.3 is 10.1 Å². The van der Waals surface area contributed by atoms with Crippen molar-refractivity contribution in [3.63, 3.8) is 0 Å². The van der Waals surface area contributed by atoms with Crippen LogP contribution in [0.1, 0.15) is 23.3 Å². The molecule has 0 unspecified atom stereocenters. The summed E-state index contributed by atoms with van der Waals surface area (Å²) in [6.45, 7) is 3.59. The fraction of sp³-hybridized carbons (Fsp3) is 0.421. The van der Waals surface area contributed by atoms with E-state index in [-0.39, 0.29) is 11.8 Å². The molecule has 128 valence electrons. The Labute approximate surface area is 147 Å². The van der Waals surface area contributed by atoms with Gasteiger partial charge in [-0.25, -0.2) is 0 Å². The van der Waals surface area contributed by atoms with Crippen LogP contribution >= 0.6 is 11.3 Å². The zero-order chi connectivity index (χ0) is 16.8. The molecule has 1 N–H and O–H groups in total. The topological polar surface area (TPSA) is 41.6 Å². The molecule has 4 nitrogen and oxygen atoms in total. The van der Waals surface area contributed by atoms with Gasteiger partial charge in [-0.1, -0.05) is 18.2 Å². The molecule has 1 saturated heterocycles. The minimum atomic E-state index is 0.142. The van der Waals surface area contributed by atoms with Crippen molar-refractivity contribution in [3.05, 3.63) is 52.2 Å². The summed E-state index contributed by atoms with van der Waals surface area (Å²) in [6.07, 6.45) is 1.89. The molecule has 0 spiro atoms. The van der Waals surface area contributed by atoms with Gasteiger partial charge in [0.2, 0.25) is 5.91 Å². The quantitative estimate of drug-likeness (QED) is 0.874. The van der Waals surface area contributed by atoms with E-state index in [9.17, 15) is 4.79 Å². The molecule has 24 heavy (non-hydrogen) atoms. The summed E-state index contributed by atoms with van der Waals surface area (Å²) < 4.78 is 5.15. The first-order valence-corrected chi connectivity index (χ1v) is 9.28. The molecule has 1 aliphatic rings. The number of likely N-dealkylation sites (tertiary alicyclic amines) is 1. The van der Waals surface area contributed by atoms with Crippen LogP contribution in [0.25, 0.3) is 0 Å². The average molecular weight is 344 g/mol. The molecule has 0 bridgehead atoms. The number of hydrogen-bond donors (Lipinski definition) is 1. The molecule has 1 aromatic heterocycles. The number of piperidine rings is 1. The SMILES string of the molecule is COc1ccc(CNC(=O)C2CCN(Cc3cccs3)CC2)cc1. The molecule has 0 radical (unpaired) electrons. The Kier molecular flexibility index (Phi) is 5.88. The van der Waals surface area contributed by atoms with Gasteiger partial charge in [-0.2, -0.15) is 0 Å². The van der Waals surface area contributed by atoms with Gasteiger partial charge in [0.25, 0.3) is 0 Å². The van der Waals surface area contributed by atoms with E-state index in [0.717, 1.165) is 43.8 Å². The second-order valence-electron chi connectivity index (χ2n) is 6.20. The van der Waals surface area contributed by atoms with Crippen LogP contribution in [0.15, 0.2) is 41.8 Å². The van der Waals surface area contributed by atoms with Crippen LogP contribution in [0, 0.1) is 5.92 Å². The molecule has 2 heterocycles. The number of benzene rings is 1. The van der Waals surface area contributed by atoms with Crippen LogP contribution in [0.3, 0.4) is 0 Å². The van der Waals surface area contributed by atoms with Gasteiger partial charge >= 0.3 is 0 Å². The molecule has 0 atom stereocenters. The van der Waals surface area contributed by atoms with Crippen LogP contribution in [-0.4, -0.2) is 31.0 Å². The largest absolute Gasteiger partial charge is 0.497 e. The third-order valence-electron chi connectivity index (χ3n) is 4.54. The lowest BCUT2D eigenvalue weighted by molar-refractivity contribution is -0.126. The second kappa shape index (κ2) is 8.31. The lowest BCUT2D eigenvalue weighted by atomic mass is 9.96. The maximum atomic E-state index is 12.4. The van der Waals surface area contributed by atoms with Crippen molar-refractivity contribution in [1.29, 1.82) is 0 Å². The van der Waals surface area contributed by atoms with Crippen LogP contribution in [0.2, 0.25) is 0 Å². The van der Waals surface area contributed by atoms with Gasteiger partial charge in [0, 0.05) is 23.9 Å². The van der Waals surface area contributed by atoms with E-state index in [2.05, 4.69) is 27.7 Å². The van der Waals surface area contributed by atoms with Crippen molar-refractivity contribution < 1.29 is 9.53 Å². The lowest BCUT2D eigenvalue weighted by Gasteiger charge is -2.30. The number of rotatable bonds is 6. The van der Waals surface area contributed by atoms with Crippen molar-refractivity contribution in [3.8, 4) is 5.75 Å². The van der Waals surface area contributed by atoms with E-state index in [1.54, 1.807) is 18.4 Å². The van der Waals surface area contributed by atoms with Gasteiger partial charge in [-0.3, -0.25) is 9.69 Å². The minimum Gasteiger partial charge on any atom is -0.497 e. The van der Waals surface area contributed by atoms with Crippen molar-refractivity contribution in [2.24, 2.45) is 5.92 Å². The van der Waals surface area contributed by atoms with Crippen molar-refractivity contribution in [2.45, 2.75) is 25.9 Å². The third-order valence-corrected chi connectivity index (χ3v) is 5.40. The predicted molar refractivity (Wildman–Crippen MR) is 97.2 cm³/mol. The van der Waals surface area contributed by atoms with Crippen LogP contribution in [0.4, 0.5) is 0 Å². The second-order valence-corrected chi connectivity index (χ2v) is 7.23.